The van der Waals surface area contributed by atoms with Crippen LogP contribution in [-0.4, -0.2) is 7.11 Å². The van der Waals surface area contributed by atoms with Gasteiger partial charge >= 0.3 is 0 Å². The van der Waals surface area contributed by atoms with Crippen molar-refractivity contribution in [1.82, 2.24) is 0 Å². The number of nitrogens with zero attached hydrogens (tertiary/aromatic N) is 1. The quantitative estimate of drug-likeness (QED) is 0.823. The monoisotopic (exact) mass is 241 g/mol. The molecule has 2 aromatic rings. The zero-order valence-corrected chi connectivity index (χ0v) is 9.98. The minimum atomic E-state index is -0.290. The lowest BCUT2D eigenvalue weighted by molar-refractivity contribution is 0.415. The Hall–Kier alpha value is -2.34. The number of hydrogen-bond acceptors (Lipinski definition) is 2. The van der Waals surface area contributed by atoms with E-state index in [1.807, 2.05) is 0 Å². The van der Waals surface area contributed by atoms with Crippen molar-refractivity contribution in [2.75, 3.05) is 7.11 Å². The Labute approximate surface area is 105 Å². The van der Waals surface area contributed by atoms with Gasteiger partial charge in [0.2, 0.25) is 0 Å². The van der Waals surface area contributed by atoms with Gasteiger partial charge in [0.1, 0.15) is 11.6 Å². The van der Waals surface area contributed by atoms with Gasteiger partial charge in [-0.2, -0.15) is 5.26 Å². The van der Waals surface area contributed by atoms with E-state index in [9.17, 15) is 4.39 Å². The molecule has 0 aliphatic heterocycles. The summed E-state index contributed by atoms with van der Waals surface area (Å²) < 4.78 is 18.8. The molecule has 0 atom stereocenters. The molecule has 0 unspecified atom stereocenters. The second kappa shape index (κ2) is 5.33. The third kappa shape index (κ3) is 2.49. The van der Waals surface area contributed by atoms with E-state index in [0.29, 0.717) is 5.56 Å². The summed E-state index contributed by atoms with van der Waals surface area (Å²) in [7, 11) is 1.59. The third-order valence-electron chi connectivity index (χ3n) is 2.71. The van der Waals surface area contributed by atoms with E-state index in [1.54, 1.807) is 43.5 Å². The molecule has 2 aromatic carbocycles. The van der Waals surface area contributed by atoms with Crippen LogP contribution in [0.1, 0.15) is 5.56 Å². The smallest absolute Gasteiger partial charge is 0.131 e. The summed E-state index contributed by atoms with van der Waals surface area (Å²) in [4.78, 5) is 0. The minimum Gasteiger partial charge on any atom is -0.497 e. The number of methoxy groups -OCH3 is 1. The molecule has 3 heteroatoms. The van der Waals surface area contributed by atoms with Gasteiger partial charge in [-0.05, 0) is 35.4 Å². The molecule has 0 bridgehead atoms. The molecule has 0 fully saturated rings. The second-order valence-electron chi connectivity index (χ2n) is 3.88. The van der Waals surface area contributed by atoms with Gasteiger partial charge in [0, 0.05) is 5.56 Å². The summed E-state index contributed by atoms with van der Waals surface area (Å²) in [6, 6.07) is 14.0. The molecule has 0 aliphatic rings. The standard InChI is InChI=1S/C15H12FNO/c1-18-13-5-3-12(4-6-13)14-10-11(8-9-17)2-7-15(14)16/h2-7,10H,8H2,1H3. The molecule has 2 nitrogen and oxygen atoms in total. The Morgan fingerprint density at radius 2 is 1.89 bits per heavy atom. The summed E-state index contributed by atoms with van der Waals surface area (Å²) in [5, 5.41) is 8.66. The van der Waals surface area contributed by atoms with E-state index in [0.717, 1.165) is 16.9 Å². The Bertz CT molecular complexity index is 584. The van der Waals surface area contributed by atoms with Crippen LogP contribution < -0.4 is 4.74 Å². The Balaban J connectivity index is 2.42. The molecule has 90 valence electrons. The van der Waals surface area contributed by atoms with E-state index in [4.69, 9.17) is 10.00 Å². The maximum Gasteiger partial charge on any atom is 0.131 e. The Morgan fingerprint density at radius 3 is 2.50 bits per heavy atom. The van der Waals surface area contributed by atoms with E-state index >= 15 is 0 Å². The highest BCUT2D eigenvalue weighted by Gasteiger charge is 2.06. The molecule has 0 aromatic heterocycles. The Morgan fingerprint density at radius 1 is 1.17 bits per heavy atom. The van der Waals surface area contributed by atoms with Crippen molar-refractivity contribution >= 4 is 0 Å². The predicted octanol–water partition coefficient (Wildman–Crippen LogP) is 3.57. The normalized spacial score (nSPS) is 9.83. The third-order valence-corrected chi connectivity index (χ3v) is 2.71. The summed E-state index contributed by atoms with van der Waals surface area (Å²) in [6.07, 6.45) is 0.281. The largest absolute Gasteiger partial charge is 0.497 e. The number of rotatable bonds is 3. The zero-order valence-electron chi connectivity index (χ0n) is 9.98. The van der Waals surface area contributed by atoms with E-state index in [2.05, 4.69) is 6.07 Å². The fourth-order valence-electron chi connectivity index (χ4n) is 1.77. The first-order chi connectivity index (χ1) is 8.74. The van der Waals surface area contributed by atoms with Crippen LogP contribution in [0.3, 0.4) is 0 Å². The summed E-state index contributed by atoms with van der Waals surface area (Å²) in [5.41, 5.74) is 2.09. The fourth-order valence-corrected chi connectivity index (χ4v) is 1.77. The maximum absolute atomic E-state index is 13.8. The number of hydrogen-bond donors (Lipinski definition) is 0. The van der Waals surface area contributed by atoms with Crippen molar-refractivity contribution in [2.24, 2.45) is 0 Å². The average molecular weight is 241 g/mol. The topological polar surface area (TPSA) is 33.0 Å². The minimum absolute atomic E-state index is 0.281. The van der Waals surface area contributed by atoms with Gasteiger partial charge < -0.3 is 4.74 Å². The van der Waals surface area contributed by atoms with Crippen LogP contribution in [0.4, 0.5) is 4.39 Å². The van der Waals surface area contributed by atoms with Crippen molar-refractivity contribution < 1.29 is 9.13 Å². The van der Waals surface area contributed by atoms with Gasteiger partial charge in [0.15, 0.2) is 0 Å². The molecule has 0 amide bonds. The SMILES string of the molecule is COc1ccc(-c2cc(CC#N)ccc2F)cc1. The number of ether oxygens (including phenoxy) is 1. The lowest BCUT2D eigenvalue weighted by Crippen LogP contribution is -1.89. The lowest BCUT2D eigenvalue weighted by Gasteiger charge is -2.06. The molecule has 0 saturated heterocycles. The van der Waals surface area contributed by atoms with E-state index in [-0.39, 0.29) is 12.2 Å². The van der Waals surface area contributed by atoms with Gasteiger partial charge in [-0.25, -0.2) is 4.39 Å². The van der Waals surface area contributed by atoms with Crippen molar-refractivity contribution in [3.63, 3.8) is 0 Å². The number of halogens is 1. The highest BCUT2D eigenvalue weighted by molar-refractivity contribution is 5.65. The first-order valence-electron chi connectivity index (χ1n) is 5.54. The molecule has 0 heterocycles. The van der Waals surface area contributed by atoms with Crippen LogP contribution in [0.5, 0.6) is 5.75 Å². The van der Waals surface area contributed by atoms with Gasteiger partial charge in [0.05, 0.1) is 19.6 Å². The van der Waals surface area contributed by atoms with E-state index < -0.39 is 0 Å². The van der Waals surface area contributed by atoms with Gasteiger partial charge in [-0.1, -0.05) is 18.2 Å². The summed E-state index contributed by atoms with van der Waals surface area (Å²) >= 11 is 0. The molecule has 18 heavy (non-hydrogen) atoms. The second-order valence-corrected chi connectivity index (χ2v) is 3.88. The Kier molecular flexibility index (Phi) is 3.59. The summed E-state index contributed by atoms with van der Waals surface area (Å²) in [6.45, 7) is 0. The van der Waals surface area contributed by atoms with Crippen LogP contribution in [0, 0.1) is 17.1 Å². The van der Waals surface area contributed by atoms with Gasteiger partial charge in [-0.15, -0.1) is 0 Å². The summed E-state index contributed by atoms with van der Waals surface area (Å²) in [5.74, 6) is 0.439. The van der Waals surface area contributed by atoms with Crippen LogP contribution in [0.15, 0.2) is 42.5 Å². The molecule has 0 spiro atoms. The predicted molar refractivity (Wildman–Crippen MR) is 67.7 cm³/mol. The van der Waals surface area contributed by atoms with Crippen LogP contribution in [-0.2, 0) is 6.42 Å². The van der Waals surface area contributed by atoms with Gasteiger partial charge in [-0.3, -0.25) is 0 Å². The fraction of sp³-hybridized carbons (Fsp3) is 0.133. The van der Waals surface area contributed by atoms with Crippen molar-refractivity contribution in [1.29, 1.82) is 5.26 Å². The highest BCUT2D eigenvalue weighted by Crippen LogP contribution is 2.26. The number of benzene rings is 2. The van der Waals surface area contributed by atoms with Gasteiger partial charge in [0.25, 0.3) is 0 Å². The van der Waals surface area contributed by atoms with E-state index in [1.165, 1.54) is 6.07 Å². The molecule has 0 N–H and O–H groups in total. The maximum atomic E-state index is 13.8. The van der Waals surface area contributed by atoms with Crippen LogP contribution in [0.2, 0.25) is 0 Å². The molecular weight excluding hydrogens is 229 g/mol. The first kappa shape index (κ1) is 12.1. The molecule has 2 rings (SSSR count). The van der Waals surface area contributed by atoms with Crippen molar-refractivity contribution in [2.45, 2.75) is 6.42 Å². The first-order valence-corrected chi connectivity index (χ1v) is 5.54. The number of nitriles is 1. The molecule has 0 aliphatic carbocycles. The van der Waals surface area contributed by atoms with Crippen molar-refractivity contribution in [3.05, 3.63) is 53.8 Å². The average Bonchev–Trinajstić information content (AvgIpc) is 2.41. The molecule has 0 saturated carbocycles. The zero-order chi connectivity index (χ0) is 13.0. The van der Waals surface area contributed by atoms with Crippen molar-refractivity contribution in [3.8, 4) is 22.9 Å². The van der Waals surface area contributed by atoms with Crippen LogP contribution >= 0.6 is 0 Å². The van der Waals surface area contributed by atoms with Crippen LogP contribution in [0.25, 0.3) is 11.1 Å². The molecular formula is C15H12FNO. The lowest BCUT2D eigenvalue weighted by atomic mass is 10.0. The highest BCUT2D eigenvalue weighted by atomic mass is 19.1. The molecule has 0 radical (unpaired) electrons.